The summed E-state index contributed by atoms with van der Waals surface area (Å²) < 4.78 is 4.77. The first-order valence-electron chi connectivity index (χ1n) is 20.2. The van der Waals surface area contributed by atoms with Crippen molar-refractivity contribution in [1.29, 1.82) is 0 Å². The molecule has 3 heterocycles. The predicted molar refractivity (Wildman–Crippen MR) is 241 cm³/mol. The molecule has 10 aromatic rings. The lowest BCUT2D eigenvalue weighted by molar-refractivity contribution is 0.563. The van der Waals surface area contributed by atoms with Gasteiger partial charge in [-0.15, -0.1) is 0 Å². The third-order valence-corrected chi connectivity index (χ3v) is 12.4. The van der Waals surface area contributed by atoms with Crippen LogP contribution >= 0.6 is 0 Å². The molecule has 1 aliphatic rings. The first-order chi connectivity index (χ1) is 28.6. The predicted octanol–water partition coefficient (Wildman–Crippen LogP) is 12.6. The Morgan fingerprint density at radius 2 is 1.14 bits per heavy atom. The third-order valence-electron chi connectivity index (χ3n) is 12.4. The van der Waals surface area contributed by atoms with Gasteiger partial charge in [-0.3, -0.25) is 4.57 Å². The molecule has 8 aromatic carbocycles. The van der Waals surface area contributed by atoms with Gasteiger partial charge in [0.2, 0.25) is 5.95 Å². The Hall–Kier alpha value is -7.17. The first kappa shape index (κ1) is 34.1. The highest BCUT2D eigenvalue weighted by atomic mass is 15.4. The van der Waals surface area contributed by atoms with Gasteiger partial charge in [-0.05, 0) is 107 Å². The van der Waals surface area contributed by atoms with Crippen LogP contribution in [0.2, 0.25) is 0 Å². The van der Waals surface area contributed by atoms with E-state index in [1.807, 2.05) is 0 Å². The minimum atomic E-state index is -0.604. The maximum atomic E-state index is 5.26. The highest BCUT2D eigenvalue weighted by Crippen LogP contribution is 2.51. The molecule has 0 amide bonds. The summed E-state index contributed by atoms with van der Waals surface area (Å²) in [6, 6.07) is 70.9. The standard InChI is InChI=1S/C54H42N4/c1-37-34-46-44-26-14-16-28-49(44)57(42-23-10-5-11-24-42)52(46)36-45(37)43-25-13-12-18-39(43)32-30-38-31-33-50-47(35-38)54(40-19-6-3-7-20-40,41-21-8-4-9-22-41)56(2)53-55-48-27-15-17-29-51(48)58(50)53/h3-29,31,33-36H,30,32H2,1-2H3. The lowest BCUT2D eigenvalue weighted by Gasteiger charge is -2.48. The van der Waals surface area contributed by atoms with E-state index in [9.17, 15) is 0 Å². The zero-order valence-corrected chi connectivity index (χ0v) is 32.7. The summed E-state index contributed by atoms with van der Waals surface area (Å²) >= 11 is 0. The van der Waals surface area contributed by atoms with E-state index in [0.717, 1.165) is 35.5 Å². The second-order valence-electron chi connectivity index (χ2n) is 15.6. The Labute approximate surface area is 338 Å². The normalized spacial score (nSPS) is 13.2. The fourth-order valence-electron chi connectivity index (χ4n) is 9.80. The summed E-state index contributed by atoms with van der Waals surface area (Å²) in [6.45, 7) is 2.26. The van der Waals surface area contributed by atoms with Gasteiger partial charge in [-0.25, -0.2) is 4.98 Å². The van der Waals surface area contributed by atoms with Crippen molar-refractivity contribution in [3.05, 3.63) is 228 Å². The molecule has 0 saturated carbocycles. The van der Waals surface area contributed by atoms with Crippen molar-refractivity contribution in [2.45, 2.75) is 25.3 Å². The van der Waals surface area contributed by atoms with Crippen LogP contribution in [0.15, 0.2) is 194 Å². The van der Waals surface area contributed by atoms with Crippen LogP contribution in [0.25, 0.3) is 55.3 Å². The van der Waals surface area contributed by atoms with Gasteiger partial charge in [-0.1, -0.05) is 146 Å². The molecule has 0 spiro atoms. The quantitative estimate of drug-likeness (QED) is 0.162. The molecule has 4 nitrogen and oxygen atoms in total. The average molecular weight is 747 g/mol. The molecule has 0 saturated heterocycles. The van der Waals surface area contributed by atoms with Crippen molar-refractivity contribution in [3.8, 4) is 22.5 Å². The van der Waals surface area contributed by atoms with Crippen LogP contribution < -0.4 is 4.90 Å². The minimum absolute atomic E-state index is 0.604. The molecule has 58 heavy (non-hydrogen) atoms. The van der Waals surface area contributed by atoms with Gasteiger partial charge in [0, 0.05) is 29.1 Å². The van der Waals surface area contributed by atoms with E-state index in [1.54, 1.807) is 0 Å². The van der Waals surface area contributed by atoms with Crippen molar-refractivity contribution in [1.82, 2.24) is 14.1 Å². The van der Waals surface area contributed by atoms with E-state index in [1.165, 1.54) is 72.0 Å². The SMILES string of the molecule is Cc1cc2c3ccccc3n(-c3ccccc3)c2cc1-c1ccccc1CCc1ccc2c(c1)C(c1ccccc1)(c1ccccc1)N(C)c1nc3ccccc3n1-2. The van der Waals surface area contributed by atoms with E-state index in [-0.39, 0.29) is 0 Å². The molecule has 2 aromatic heterocycles. The average Bonchev–Trinajstić information content (AvgIpc) is 3.83. The number of anilines is 1. The summed E-state index contributed by atoms with van der Waals surface area (Å²) in [6.07, 6.45) is 1.81. The van der Waals surface area contributed by atoms with Gasteiger partial charge < -0.3 is 9.47 Å². The number of imidazole rings is 1. The van der Waals surface area contributed by atoms with Crippen molar-refractivity contribution in [2.24, 2.45) is 0 Å². The molecule has 0 fully saturated rings. The lowest BCUT2D eigenvalue weighted by atomic mass is 9.73. The number of aryl methyl sites for hydroxylation is 3. The fraction of sp³-hybridized carbons (Fsp3) is 0.0926. The second-order valence-corrected chi connectivity index (χ2v) is 15.6. The van der Waals surface area contributed by atoms with Crippen LogP contribution in [0.5, 0.6) is 0 Å². The summed E-state index contributed by atoms with van der Waals surface area (Å²) in [5, 5.41) is 2.56. The number of nitrogens with zero attached hydrogens (tertiary/aromatic N) is 4. The third kappa shape index (κ3) is 5.11. The molecule has 1 aliphatic heterocycles. The molecule has 0 aliphatic carbocycles. The van der Waals surface area contributed by atoms with E-state index in [2.05, 4.69) is 222 Å². The molecule has 4 heteroatoms. The molecular formula is C54H42N4. The zero-order valence-electron chi connectivity index (χ0n) is 32.7. The monoisotopic (exact) mass is 746 g/mol. The summed E-state index contributed by atoms with van der Waals surface area (Å²) in [5.41, 5.74) is 16.5. The molecule has 278 valence electrons. The van der Waals surface area contributed by atoms with Gasteiger partial charge >= 0.3 is 0 Å². The van der Waals surface area contributed by atoms with Crippen LogP contribution in [0, 0.1) is 6.92 Å². The molecule has 0 atom stereocenters. The van der Waals surface area contributed by atoms with Gasteiger partial charge in [0.05, 0.1) is 27.8 Å². The van der Waals surface area contributed by atoms with Crippen LogP contribution in [-0.4, -0.2) is 21.2 Å². The molecule has 0 N–H and O–H groups in total. The van der Waals surface area contributed by atoms with E-state index < -0.39 is 5.54 Å². The number of hydrogen-bond donors (Lipinski definition) is 0. The first-order valence-corrected chi connectivity index (χ1v) is 20.2. The maximum Gasteiger partial charge on any atom is 0.212 e. The van der Waals surface area contributed by atoms with E-state index >= 15 is 0 Å². The topological polar surface area (TPSA) is 26.0 Å². The lowest BCUT2D eigenvalue weighted by Crippen LogP contribution is -2.50. The highest BCUT2D eigenvalue weighted by Gasteiger charge is 2.47. The van der Waals surface area contributed by atoms with Crippen molar-refractivity contribution in [2.75, 3.05) is 11.9 Å². The van der Waals surface area contributed by atoms with Crippen LogP contribution in [-0.2, 0) is 18.4 Å². The Bertz CT molecular complexity index is 3100. The minimum Gasteiger partial charge on any atom is -0.327 e. The maximum absolute atomic E-state index is 5.26. The number of aromatic nitrogens is 3. The molecule has 11 rings (SSSR count). The zero-order chi connectivity index (χ0) is 38.8. The fourth-order valence-corrected chi connectivity index (χ4v) is 9.80. The van der Waals surface area contributed by atoms with Crippen molar-refractivity contribution < 1.29 is 0 Å². The van der Waals surface area contributed by atoms with Gasteiger partial charge in [0.25, 0.3) is 0 Å². The smallest absolute Gasteiger partial charge is 0.212 e. The molecule has 0 bridgehead atoms. The summed E-state index contributed by atoms with van der Waals surface area (Å²) in [5.74, 6) is 0.932. The molecule has 0 radical (unpaired) electrons. The van der Waals surface area contributed by atoms with Crippen LogP contribution in [0.1, 0.15) is 33.4 Å². The Kier molecular flexibility index (Phi) is 7.94. The summed E-state index contributed by atoms with van der Waals surface area (Å²) in [7, 11) is 2.21. The van der Waals surface area contributed by atoms with E-state index in [4.69, 9.17) is 4.98 Å². The number of para-hydroxylation sites is 4. The number of hydrogen-bond acceptors (Lipinski definition) is 2. The van der Waals surface area contributed by atoms with E-state index in [0.29, 0.717) is 0 Å². The largest absolute Gasteiger partial charge is 0.327 e. The summed E-state index contributed by atoms with van der Waals surface area (Å²) in [4.78, 5) is 7.66. The molecular weight excluding hydrogens is 705 g/mol. The highest BCUT2D eigenvalue weighted by molar-refractivity contribution is 6.10. The number of fused-ring (bicyclic) bond motifs is 8. The Balaban J connectivity index is 1.05. The van der Waals surface area contributed by atoms with Crippen molar-refractivity contribution in [3.63, 3.8) is 0 Å². The van der Waals surface area contributed by atoms with Crippen molar-refractivity contribution >= 4 is 38.8 Å². The second kappa shape index (κ2) is 13.5. The van der Waals surface area contributed by atoms with Crippen LogP contribution in [0.4, 0.5) is 5.95 Å². The van der Waals surface area contributed by atoms with Gasteiger partial charge in [-0.2, -0.15) is 0 Å². The Morgan fingerprint density at radius 3 is 1.90 bits per heavy atom. The van der Waals surface area contributed by atoms with Gasteiger partial charge in [0.1, 0.15) is 5.54 Å². The Morgan fingerprint density at radius 1 is 0.500 bits per heavy atom. The van der Waals surface area contributed by atoms with Gasteiger partial charge in [0.15, 0.2) is 0 Å². The van der Waals surface area contributed by atoms with Crippen LogP contribution in [0.3, 0.4) is 0 Å². The molecule has 0 unspecified atom stereocenters. The number of rotatable bonds is 7. The number of benzene rings is 8.